The number of rotatable bonds is 7. The Balaban J connectivity index is 1.37. The fraction of sp³-hybridized carbons (Fsp3) is 0.542. The lowest BCUT2D eigenvalue weighted by molar-refractivity contribution is 0.0360. The van der Waals surface area contributed by atoms with Crippen LogP contribution in [0.3, 0.4) is 0 Å². The first-order valence-corrected chi connectivity index (χ1v) is 12.7. The van der Waals surface area contributed by atoms with Crippen molar-refractivity contribution in [3.8, 4) is 17.5 Å². The van der Waals surface area contributed by atoms with Crippen molar-refractivity contribution in [2.75, 3.05) is 19.8 Å². The lowest BCUT2D eigenvalue weighted by Crippen LogP contribution is -2.50. The number of nitrogens with zero attached hydrogens (tertiary/aromatic N) is 3. The van der Waals surface area contributed by atoms with E-state index in [1.165, 1.54) is 11.2 Å². The molecule has 1 N–H and O–H groups in total. The van der Waals surface area contributed by atoms with Crippen molar-refractivity contribution in [2.45, 2.75) is 52.2 Å². The number of aromatic nitrogens is 2. The van der Waals surface area contributed by atoms with E-state index in [2.05, 4.69) is 9.97 Å². The zero-order valence-electron chi connectivity index (χ0n) is 20.1. The molecule has 2 aliphatic heterocycles. The van der Waals surface area contributed by atoms with Crippen LogP contribution in [0, 0.1) is 18.8 Å². The third-order valence-corrected chi connectivity index (χ3v) is 7.00. The van der Waals surface area contributed by atoms with E-state index in [9.17, 15) is 14.1 Å². The van der Waals surface area contributed by atoms with Crippen LogP contribution in [0.15, 0.2) is 30.6 Å². The van der Waals surface area contributed by atoms with Gasteiger partial charge in [0.1, 0.15) is 18.2 Å². The van der Waals surface area contributed by atoms with Gasteiger partial charge in [0.15, 0.2) is 0 Å². The van der Waals surface area contributed by atoms with Crippen LogP contribution in [0.1, 0.15) is 37.8 Å². The number of amides is 1. The van der Waals surface area contributed by atoms with Crippen LogP contribution in [-0.2, 0) is 26.1 Å². The normalized spacial score (nSPS) is 24.9. The maximum absolute atomic E-state index is 11.6. The molecule has 10 nitrogen and oxygen atoms in total. The van der Waals surface area contributed by atoms with Gasteiger partial charge >= 0.3 is 17.5 Å². The van der Waals surface area contributed by atoms with Crippen molar-refractivity contribution < 1.29 is 31.9 Å². The summed E-state index contributed by atoms with van der Waals surface area (Å²) in [5.74, 6) is 1.82. The Hall–Kier alpha value is -2.76. The first kappa shape index (κ1) is 25.3. The van der Waals surface area contributed by atoms with Crippen molar-refractivity contribution in [1.29, 1.82) is 0 Å². The van der Waals surface area contributed by atoms with Gasteiger partial charge in [-0.3, -0.25) is 8.37 Å². The molecule has 0 unspecified atom stereocenters. The molecular weight excluding hydrogens is 474 g/mol. The lowest BCUT2D eigenvalue weighted by atomic mass is 9.91. The summed E-state index contributed by atoms with van der Waals surface area (Å²) in [6, 6.07) is 7.58. The maximum Gasteiger partial charge on any atom is 0.407 e. The quantitative estimate of drug-likeness (QED) is 0.597. The predicted octanol–water partition coefficient (Wildman–Crippen LogP) is 3.91. The van der Waals surface area contributed by atoms with E-state index in [4.69, 9.17) is 17.8 Å². The SMILES string of the molecule is Cc1c(Oc2ccc(CC3COS(=O)OC3)cc2)ncnc1O[C@@H]1CCN(C(=O)O)[C@@H](C(C)C)C1. The van der Waals surface area contributed by atoms with Crippen LogP contribution in [0.2, 0.25) is 0 Å². The van der Waals surface area contributed by atoms with E-state index in [1.807, 2.05) is 45.0 Å². The number of likely N-dealkylation sites (tertiary alicyclic amines) is 1. The first-order valence-electron chi connectivity index (χ1n) is 11.7. The first-order chi connectivity index (χ1) is 16.8. The summed E-state index contributed by atoms with van der Waals surface area (Å²) < 4.78 is 33.4. The van der Waals surface area contributed by atoms with Crippen molar-refractivity contribution in [3.05, 3.63) is 41.7 Å². The van der Waals surface area contributed by atoms with E-state index < -0.39 is 17.5 Å². The molecule has 0 bridgehead atoms. The van der Waals surface area contributed by atoms with Gasteiger partial charge in [0.2, 0.25) is 11.8 Å². The molecule has 2 aliphatic rings. The Bertz CT molecular complexity index is 1040. The van der Waals surface area contributed by atoms with Crippen LogP contribution >= 0.6 is 0 Å². The molecule has 1 aromatic heterocycles. The summed E-state index contributed by atoms with van der Waals surface area (Å²) in [7, 11) is 0. The number of ether oxygens (including phenoxy) is 2. The van der Waals surface area contributed by atoms with Crippen molar-refractivity contribution in [3.63, 3.8) is 0 Å². The van der Waals surface area contributed by atoms with Gasteiger partial charge in [0, 0.05) is 31.3 Å². The molecule has 1 aromatic carbocycles. The second kappa shape index (κ2) is 11.3. The van der Waals surface area contributed by atoms with Crippen LogP contribution < -0.4 is 9.47 Å². The van der Waals surface area contributed by atoms with Gasteiger partial charge in [0.25, 0.3) is 0 Å². The highest BCUT2D eigenvalue weighted by Gasteiger charge is 2.34. The second-order valence-corrected chi connectivity index (χ2v) is 10.1. The van der Waals surface area contributed by atoms with E-state index >= 15 is 0 Å². The minimum Gasteiger partial charge on any atom is -0.474 e. The number of carbonyl (C=O) groups is 1. The summed E-state index contributed by atoms with van der Waals surface area (Å²) in [5, 5.41) is 9.49. The molecule has 1 amide bonds. The highest BCUT2D eigenvalue weighted by molar-refractivity contribution is 7.75. The minimum atomic E-state index is -1.63. The third-order valence-electron chi connectivity index (χ3n) is 6.34. The Morgan fingerprint density at radius 1 is 1.20 bits per heavy atom. The van der Waals surface area contributed by atoms with Gasteiger partial charge in [-0.25, -0.2) is 14.8 Å². The Kier molecular flexibility index (Phi) is 8.19. The number of carboxylic acid groups (broad SMARTS) is 1. The second-order valence-electron chi connectivity index (χ2n) is 9.25. The van der Waals surface area contributed by atoms with E-state index in [-0.39, 0.29) is 24.0 Å². The molecule has 2 aromatic rings. The third kappa shape index (κ3) is 6.47. The number of hydrogen-bond donors (Lipinski definition) is 1. The predicted molar refractivity (Wildman–Crippen MR) is 128 cm³/mol. The molecule has 2 saturated heterocycles. The average molecular weight is 506 g/mol. The molecule has 2 atom stereocenters. The van der Waals surface area contributed by atoms with Gasteiger partial charge in [-0.1, -0.05) is 26.0 Å². The Morgan fingerprint density at radius 2 is 1.89 bits per heavy atom. The van der Waals surface area contributed by atoms with Crippen molar-refractivity contribution >= 4 is 17.5 Å². The average Bonchev–Trinajstić information content (AvgIpc) is 2.84. The number of benzene rings is 1. The lowest BCUT2D eigenvalue weighted by Gasteiger charge is -2.39. The molecule has 0 radical (unpaired) electrons. The summed E-state index contributed by atoms with van der Waals surface area (Å²) >= 11 is -1.63. The van der Waals surface area contributed by atoms with Crippen molar-refractivity contribution in [2.24, 2.45) is 11.8 Å². The van der Waals surface area contributed by atoms with Gasteiger partial charge in [-0.2, -0.15) is 4.21 Å². The zero-order chi connectivity index (χ0) is 24.9. The van der Waals surface area contributed by atoms with Crippen LogP contribution in [0.4, 0.5) is 4.79 Å². The van der Waals surface area contributed by atoms with Crippen molar-refractivity contribution in [1.82, 2.24) is 14.9 Å². The summed E-state index contributed by atoms with van der Waals surface area (Å²) in [4.78, 5) is 21.6. The van der Waals surface area contributed by atoms with Gasteiger partial charge in [-0.15, -0.1) is 0 Å². The minimum absolute atomic E-state index is 0.100. The molecule has 4 rings (SSSR count). The highest BCUT2D eigenvalue weighted by Crippen LogP contribution is 2.31. The number of hydrogen-bond acceptors (Lipinski definition) is 8. The smallest absolute Gasteiger partial charge is 0.407 e. The molecule has 11 heteroatoms. The monoisotopic (exact) mass is 505 g/mol. The van der Waals surface area contributed by atoms with Crippen LogP contribution in [-0.4, -0.2) is 62.2 Å². The summed E-state index contributed by atoms with van der Waals surface area (Å²) in [6.45, 7) is 7.13. The standard InChI is InChI=1S/C24H31N3O7S/c1-15(2)21-11-20(8-9-27(21)24(28)29)34-23-16(3)22(25-14-26-23)33-19-6-4-17(5-7-19)10-18-12-31-35(30)32-13-18/h4-7,14-15,18,20-21H,8-13H2,1-3H3,(H,28,29)/t18?,20-,21-,35?/m1/s1. The van der Waals surface area contributed by atoms with Gasteiger partial charge < -0.3 is 19.5 Å². The Morgan fingerprint density at radius 3 is 2.54 bits per heavy atom. The van der Waals surface area contributed by atoms with Crippen LogP contribution in [0.5, 0.6) is 17.5 Å². The number of piperidine rings is 1. The largest absolute Gasteiger partial charge is 0.474 e. The van der Waals surface area contributed by atoms with Gasteiger partial charge in [-0.05, 0) is 37.0 Å². The summed E-state index contributed by atoms with van der Waals surface area (Å²) in [5.41, 5.74) is 1.78. The molecule has 2 fully saturated rings. The molecule has 3 heterocycles. The fourth-order valence-corrected chi connectivity index (χ4v) is 5.06. The molecule has 0 saturated carbocycles. The van der Waals surface area contributed by atoms with Gasteiger partial charge in [0.05, 0.1) is 18.8 Å². The molecule has 190 valence electrons. The van der Waals surface area contributed by atoms with E-state index in [0.29, 0.717) is 55.7 Å². The van der Waals surface area contributed by atoms with E-state index in [0.717, 1.165) is 12.0 Å². The zero-order valence-corrected chi connectivity index (χ0v) is 20.9. The topological polar surface area (TPSA) is 120 Å². The summed E-state index contributed by atoms with van der Waals surface area (Å²) in [6.07, 6.45) is 2.34. The maximum atomic E-state index is 11.6. The molecule has 35 heavy (non-hydrogen) atoms. The van der Waals surface area contributed by atoms with E-state index in [1.54, 1.807) is 0 Å². The Labute approximate surface area is 207 Å². The fourth-order valence-electron chi connectivity index (χ4n) is 4.38. The molecular formula is C24H31N3O7S. The highest BCUT2D eigenvalue weighted by atomic mass is 32.2. The molecule has 0 spiro atoms. The van der Waals surface area contributed by atoms with Crippen LogP contribution in [0.25, 0.3) is 0 Å². The molecule has 0 aliphatic carbocycles.